The zero-order chi connectivity index (χ0) is 10.4. The third kappa shape index (κ3) is 4.17. The van der Waals surface area contributed by atoms with Crippen LogP contribution in [0.4, 0.5) is 0 Å². The molecule has 0 aromatic carbocycles. The molecular formula is C10H19NO3. The third-order valence-electron chi connectivity index (χ3n) is 2.43. The number of hydrogen-bond donors (Lipinski definition) is 1. The summed E-state index contributed by atoms with van der Waals surface area (Å²) in [6.45, 7) is 4.55. The van der Waals surface area contributed by atoms with Crippen molar-refractivity contribution in [3.05, 3.63) is 0 Å². The van der Waals surface area contributed by atoms with Crippen molar-refractivity contribution in [2.75, 3.05) is 32.8 Å². The number of piperidine rings is 1. The van der Waals surface area contributed by atoms with Crippen LogP contribution in [0.1, 0.15) is 19.8 Å². The van der Waals surface area contributed by atoms with Crippen molar-refractivity contribution in [1.82, 2.24) is 4.90 Å². The molecule has 0 bridgehead atoms. The van der Waals surface area contributed by atoms with Gasteiger partial charge in [0.1, 0.15) is 5.78 Å². The standard InChI is InChI=1S/C10H19NO3/c1-9(13)8-11-4-2-10(3-5-11)14-7-6-12/h10,12H,2-8H2,1H3. The number of hydrogen-bond acceptors (Lipinski definition) is 4. The van der Waals surface area contributed by atoms with Crippen LogP contribution in [0.3, 0.4) is 0 Å². The van der Waals surface area contributed by atoms with E-state index in [-0.39, 0.29) is 18.5 Å². The average molecular weight is 201 g/mol. The monoisotopic (exact) mass is 201 g/mol. The van der Waals surface area contributed by atoms with Gasteiger partial charge in [0.2, 0.25) is 0 Å². The lowest BCUT2D eigenvalue weighted by Crippen LogP contribution is -2.39. The molecule has 0 atom stereocenters. The van der Waals surface area contributed by atoms with E-state index in [1.807, 2.05) is 0 Å². The highest BCUT2D eigenvalue weighted by Gasteiger charge is 2.19. The number of aliphatic hydroxyl groups excluding tert-OH is 1. The largest absolute Gasteiger partial charge is 0.394 e. The minimum Gasteiger partial charge on any atom is -0.394 e. The zero-order valence-corrected chi connectivity index (χ0v) is 8.74. The van der Waals surface area contributed by atoms with Crippen molar-refractivity contribution in [3.63, 3.8) is 0 Å². The number of Topliss-reactive ketones (excluding diaryl/α,β-unsaturated/α-hetero) is 1. The number of carbonyl (C=O) groups excluding carboxylic acids is 1. The molecule has 1 aliphatic heterocycles. The molecule has 1 fully saturated rings. The van der Waals surface area contributed by atoms with Gasteiger partial charge in [0.25, 0.3) is 0 Å². The first-order valence-corrected chi connectivity index (χ1v) is 5.16. The van der Waals surface area contributed by atoms with Crippen LogP contribution < -0.4 is 0 Å². The minimum atomic E-state index is 0.0909. The summed E-state index contributed by atoms with van der Waals surface area (Å²) in [5, 5.41) is 8.59. The predicted octanol–water partition coefficient (Wildman–Crippen LogP) is 0.0487. The van der Waals surface area contributed by atoms with Gasteiger partial charge in [0.15, 0.2) is 0 Å². The van der Waals surface area contributed by atoms with Gasteiger partial charge < -0.3 is 9.84 Å². The Balaban J connectivity index is 2.14. The quantitative estimate of drug-likeness (QED) is 0.683. The Morgan fingerprint density at radius 3 is 2.64 bits per heavy atom. The second kappa shape index (κ2) is 6.11. The van der Waals surface area contributed by atoms with E-state index in [0.717, 1.165) is 25.9 Å². The van der Waals surface area contributed by atoms with Crippen LogP contribution in [0.5, 0.6) is 0 Å². The second-order valence-corrected chi connectivity index (χ2v) is 3.77. The van der Waals surface area contributed by atoms with Gasteiger partial charge in [-0.1, -0.05) is 0 Å². The normalized spacial score (nSPS) is 19.9. The molecule has 0 unspecified atom stereocenters. The lowest BCUT2D eigenvalue weighted by atomic mass is 10.1. The molecule has 14 heavy (non-hydrogen) atoms. The Bertz CT molecular complexity index is 176. The van der Waals surface area contributed by atoms with Gasteiger partial charge in [-0.15, -0.1) is 0 Å². The van der Waals surface area contributed by atoms with Gasteiger partial charge in [0, 0.05) is 13.1 Å². The highest BCUT2D eigenvalue weighted by Crippen LogP contribution is 2.12. The first kappa shape index (κ1) is 11.6. The molecule has 0 radical (unpaired) electrons. The van der Waals surface area contributed by atoms with E-state index in [1.165, 1.54) is 0 Å². The van der Waals surface area contributed by atoms with E-state index in [0.29, 0.717) is 13.2 Å². The van der Waals surface area contributed by atoms with E-state index < -0.39 is 0 Å². The molecule has 1 rings (SSSR count). The van der Waals surface area contributed by atoms with Crippen LogP contribution in [-0.2, 0) is 9.53 Å². The average Bonchev–Trinajstić information content (AvgIpc) is 2.16. The lowest BCUT2D eigenvalue weighted by molar-refractivity contribution is -0.118. The first-order chi connectivity index (χ1) is 6.72. The third-order valence-corrected chi connectivity index (χ3v) is 2.43. The Morgan fingerprint density at radius 1 is 1.50 bits per heavy atom. The smallest absolute Gasteiger partial charge is 0.143 e. The van der Waals surface area contributed by atoms with Crippen molar-refractivity contribution >= 4 is 5.78 Å². The van der Waals surface area contributed by atoms with Crippen LogP contribution >= 0.6 is 0 Å². The zero-order valence-electron chi connectivity index (χ0n) is 8.74. The van der Waals surface area contributed by atoms with E-state index in [9.17, 15) is 4.79 Å². The van der Waals surface area contributed by atoms with Gasteiger partial charge in [-0.05, 0) is 19.8 Å². The second-order valence-electron chi connectivity index (χ2n) is 3.77. The van der Waals surface area contributed by atoms with Crippen molar-refractivity contribution in [2.45, 2.75) is 25.9 Å². The minimum absolute atomic E-state index is 0.0909. The fraction of sp³-hybridized carbons (Fsp3) is 0.900. The molecule has 82 valence electrons. The highest BCUT2D eigenvalue weighted by atomic mass is 16.5. The topological polar surface area (TPSA) is 49.8 Å². The highest BCUT2D eigenvalue weighted by molar-refractivity contribution is 5.77. The van der Waals surface area contributed by atoms with Crippen molar-refractivity contribution in [1.29, 1.82) is 0 Å². The predicted molar refractivity (Wildman–Crippen MR) is 53.2 cm³/mol. The van der Waals surface area contributed by atoms with Gasteiger partial charge in [-0.25, -0.2) is 0 Å². The summed E-state index contributed by atoms with van der Waals surface area (Å²) in [7, 11) is 0. The Kier molecular flexibility index (Phi) is 5.07. The molecule has 0 aromatic heterocycles. The number of nitrogens with zero attached hydrogens (tertiary/aromatic N) is 1. The molecule has 1 heterocycles. The number of rotatable bonds is 5. The Hall–Kier alpha value is -0.450. The summed E-state index contributed by atoms with van der Waals surface area (Å²) in [6, 6.07) is 0. The molecule has 1 N–H and O–H groups in total. The van der Waals surface area contributed by atoms with Crippen molar-refractivity contribution in [2.24, 2.45) is 0 Å². The van der Waals surface area contributed by atoms with Gasteiger partial charge in [0.05, 0.1) is 25.9 Å². The number of carbonyl (C=O) groups is 1. The van der Waals surface area contributed by atoms with E-state index >= 15 is 0 Å². The van der Waals surface area contributed by atoms with Crippen molar-refractivity contribution in [3.8, 4) is 0 Å². The van der Waals surface area contributed by atoms with Crippen LogP contribution in [0.2, 0.25) is 0 Å². The molecule has 4 nitrogen and oxygen atoms in total. The number of likely N-dealkylation sites (tertiary alicyclic amines) is 1. The Labute approximate surface area is 84.8 Å². The molecule has 1 aliphatic rings. The van der Waals surface area contributed by atoms with Crippen molar-refractivity contribution < 1.29 is 14.6 Å². The SMILES string of the molecule is CC(=O)CN1CCC(OCCO)CC1. The van der Waals surface area contributed by atoms with Gasteiger partial charge in [-0.3, -0.25) is 9.69 Å². The van der Waals surface area contributed by atoms with Crippen LogP contribution in [-0.4, -0.2) is 54.7 Å². The molecule has 0 aliphatic carbocycles. The fourth-order valence-electron chi connectivity index (χ4n) is 1.77. The molecule has 0 amide bonds. The molecule has 0 spiro atoms. The summed E-state index contributed by atoms with van der Waals surface area (Å²) in [5.41, 5.74) is 0. The van der Waals surface area contributed by atoms with Gasteiger partial charge >= 0.3 is 0 Å². The maximum atomic E-state index is 10.9. The molecule has 4 heteroatoms. The fourth-order valence-corrected chi connectivity index (χ4v) is 1.77. The molecule has 1 saturated heterocycles. The molecular weight excluding hydrogens is 182 g/mol. The van der Waals surface area contributed by atoms with Crippen LogP contribution in [0, 0.1) is 0 Å². The summed E-state index contributed by atoms with van der Waals surface area (Å²) in [5.74, 6) is 0.222. The number of aliphatic hydroxyl groups is 1. The van der Waals surface area contributed by atoms with Crippen LogP contribution in [0.15, 0.2) is 0 Å². The van der Waals surface area contributed by atoms with Crippen LogP contribution in [0.25, 0.3) is 0 Å². The van der Waals surface area contributed by atoms with E-state index in [2.05, 4.69) is 4.90 Å². The number of ether oxygens (including phenoxy) is 1. The van der Waals surface area contributed by atoms with E-state index in [1.54, 1.807) is 6.92 Å². The lowest BCUT2D eigenvalue weighted by Gasteiger charge is -2.30. The Morgan fingerprint density at radius 2 is 2.14 bits per heavy atom. The summed E-state index contributed by atoms with van der Waals surface area (Å²) >= 11 is 0. The summed E-state index contributed by atoms with van der Waals surface area (Å²) < 4.78 is 5.42. The van der Waals surface area contributed by atoms with E-state index in [4.69, 9.17) is 9.84 Å². The number of ketones is 1. The summed E-state index contributed by atoms with van der Waals surface area (Å²) in [4.78, 5) is 13.0. The molecule has 0 saturated carbocycles. The first-order valence-electron chi connectivity index (χ1n) is 5.16. The maximum absolute atomic E-state index is 10.9. The molecule has 0 aromatic rings. The summed E-state index contributed by atoms with van der Waals surface area (Å²) in [6.07, 6.45) is 2.20. The maximum Gasteiger partial charge on any atom is 0.143 e. The van der Waals surface area contributed by atoms with Gasteiger partial charge in [-0.2, -0.15) is 0 Å².